The number of hydrogen-bond donors (Lipinski definition) is 0. The number of aryl methyl sites for hydroxylation is 1. The van der Waals surface area contributed by atoms with Crippen LogP contribution in [0.15, 0.2) is 54.6 Å². The predicted molar refractivity (Wildman–Crippen MR) is 107 cm³/mol. The number of nitrogens with zero attached hydrogens (tertiary/aromatic N) is 2. The molecule has 1 saturated heterocycles. The summed E-state index contributed by atoms with van der Waals surface area (Å²) < 4.78 is 20.2. The lowest BCUT2D eigenvalue weighted by Gasteiger charge is -2.36. The number of pyridine rings is 1. The first kappa shape index (κ1) is 17.9. The Kier molecular flexibility index (Phi) is 5.08. The van der Waals surface area contributed by atoms with Crippen LogP contribution in [0.1, 0.15) is 36.9 Å². The lowest BCUT2D eigenvalue weighted by atomic mass is 10.0. The van der Waals surface area contributed by atoms with E-state index < -0.39 is 5.95 Å². The van der Waals surface area contributed by atoms with E-state index in [0.717, 1.165) is 36.9 Å². The standard InChI is InChI=1S/C23H25FN2O/c1-16-7-6-10-20-21(15-22(24)25-23(16)20)27-19-11-13-26(14-12-19)17(2)18-8-4-3-5-9-18/h3-10,15,17,19H,11-14H2,1-2H3. The van der Waals surface area contributed by atoms with Crippen molar-refractivity contribution in [3.8, 4) is 5.75 Å². The minimum Gasteiger partial charge on any atom is -0.489 e. The highest BCUT2D eigenvalue weighted by atomic mass is 19.1. The molecule has 3 nitrogen and oxygen atoms in total. The summed E-state index contributed by atoms with van der Waals surface area (Å²) in [4.78, 5) is 6.53. The van der Waals surface area contributed by atoms with Gasteiger partial charge in [0.2, 0.25) is 5.95 Å². The zero-order valence-electron chi connectivity index (χ0n) is 15.9. The van der Waals surface area contributed by atoms with Gasteiger partial charge in [0.05, 0.1) is 5.52 Å². The summed E-state index contributed by atoms with van der Waals surface area (Å²) >= 11 is 0. The van der Waals surface area contributed by atoms with Crippen LogP contribution in [-0.4, -0.2) is 29.1 Å². The molecule has 2 aromatic carbocycles. The van der Waals surface area contributed by atoms with Crippen LogP contribution in [0, 0.1) is 12.9 Å². The monoisotopic (exact) mass is 364 g/mol. The zero-order chi connectivity index (χ0) is 18.8. The first-order chi connectivity index (χ1) is 13.1. The van der Waals surface area contributed by atoms with Crippen LogP contribution in [0.2, 0.25) is 0 Å². The van der Waals surface area contributed by atoms with Crippen molar-refractivity contribution in [1.82, 2.24) is 9.88 Å². The third-order valence-corrected chi connectivity index (χ3v) is 5.57. The van der Waals surface area contributed by atoms with Gasteiger partial charge in [0.1, 0.15) is 11.9 Å². The largest absolute Gasteiger partial charge is 0.489 e. The number of rotatable bonds is 4. The number of benzene rings is 2. The molecule has 1 fully saturated rings. The predicted octanol–water partition coefficient (Wildman–Crippen LogP) is 5.29. The SMILES string of the molecule is Cc1cccc2c(OC3CCN(C(C)c4ccccc4)CC3)cc(F)nc12. The molecule has 140 valence electrons. The van der Waals surface area contributed by atoms with Crippen LogP contribution in [0.3, 0.4) is 0 Å². The van der Waals surface area contributed by atoms with Gasteiger partial charge in [0.15, 0.2) is 0 Å². The van der Waals surface area contributed by atoms with Crippen molar-refractivity contribution in [2.75, 3.05) is 13.1 Å². The third-order valence-electron chi connectivity index (χ3n) is 5.57. The van der Waals surface area contributed by atoms with Gasteiger partial charge in [-0.25, -0.2) is 4.98 Å². The number of para-hydroxylation sites is 1. The topological polar surface area (TPSA) is 25.4 Å². The molecule has 0 N–H and O–H groups in total. The summed E-state index contributed by atoms with van der Waals surface area (Å²) in [6.07, 6.45) is 1.98. The van der Waals surface area contributed by atoms with E-state index in [4.69, 9.17) is 4.74 Å². The van der Waals surface area contributed by atoms with Gasteiger partial charge in [0.25, 0.3) is 0 Å². The highest BCUT2D eigenvalue weighted by Gasteiger charge is 2.25. The molecule has 0 radical (unpaired) electrons. The van der Waals surface area contributed by atoms with Gasteiger partial charge in [0, 0.05) is 30.6 Å². The Morgan fingerprint density at radius 1 is 1.07 bits per heavy atom. The molecule has 0 aliphatic carbocycles. The van der Waals surface area contributed by atoms with Crippen molar-refractivity contribution in [2.45, 2.75) is 38.8 Å². The molecule has 0 spiro atoms. The zero-order valence-corrected chi connectivity index (χ0v) is 15.9. The molecule has 1 aliphatic heterocycles. The first-order valence-corrected chi connectivity index (χ1v) is 9.63. The fraction of sp³-hybridized carbons (Fsp3) is 0.348. The second kappa shape index (κ2) is 7.65. The van der Waals surface area contributed by atoms with Crippen LogP contribution in [0.25, 0.3) is 10.9 Å². The van der Waals surface area contributed by atoms with Crippen molar-refractivity contribution in [1.29, 1.82) is 0 Å². The minimum atomic E-state index is -0.484. The summed E-state index contributed by atoms with van der Waals surface area (Å²) in [7, 11) is 0. The molecule has 3 aromatic rings. The van der Waals surface area contributed by atoms with Crippen molar-refractivity contribution < 1.29 is 9.13 Å². The van der Waals surface area contributed by atoms with Crippen LogP contribution >= 0.6 is 0 Å². The molecule has 0 saturated carbocycles. The molecule has 27 heavy (non-hydrogen) atoms. The summed E-state index contributed by atoms with van der Waals surface area (Å²) in [5.74, 6) is 0.123. The molecule has 1 aromatic heterocycles. The van der Waals surface area contributed by atoms with Crippen molar-refractivity contribution in [3.05, 3.63) is 71.7 Å². The highest BCUT2D eigenvalue weighted by Crippen LogP contribution is 2.31. The van der Waals surface area contributed by atoms with Crippen molar-refractivity contribution in [3.63, 3.8) is 0 Å². The van der Waals surface area contributed by atoms with Crippen molar-refractivity contribution >= 4 is 10.9 Å². The number of hydrogen-bond acceptors (Lipinski definition) is 3. The van der Waals surface area contributed by atoms with Gasteiger partial charge in [-0.3, -0.25) is 4.90 Å². The number of piperidine rings is 1. The van der Waals surface area contributed by atoms with Gasteiger partial charge in [-0.2, -0.15) is 4.39 Å². The summed E-state index contributed by atoms with van der Waals surface area (Å²) in [6.45, 7) is 6.16. The molecular formula is C23H25FN2O. The molecule has 4 heteroatoms. The normalized spacial score (nSPS) is 17.1. The van der Waals surface area contributed by atoms with Crippen LogP contribution in [0.4, 0.5) is 4.39 Å². The lowest BCUT2D eigenvalue weighted by molar-refractivity contribution is 0.0804. The van der Waals surface area contributed by atoms with Gasteiger partial charge >= 0.3 is 0 Å². The fourth-order valence-electron chi connectivity index (χ4n) is 3.93. The van der Waals surface area contributed by atoms with E-state index in [9.17, 15) is 4.39 Å². The Morgan fingerprint density at radius 3 is 2.56 bits per heavy atom. The van der Waals surface area contributed by atoms with E-state index in [-0.39, 0.29) is 6.10 Å². The van der Waals surface area contributed by atoms with Crippen LogP contribution in [0.5, 0.6) is 5.75 Å². The van der Waals surface area contributed by atoms with E-state index in [1.807, 2.05) is 25.1 Å². The maximum atomic E-state index is 14.0. The van der Waals surface area contributed by atoms with Crippen LogP contribution in [-0.2, 0) is 0 Å². The first-order valence-electron chi connectivity index (χ1n) is 9.63. The summed E-state index contributed by atoms with van der Waals surface area (Å²) in [5, 5.41) is 0.886. The molecular weight excluding hydrogens is 339 g/mol. The molecule has 4 rings (SSSR count). The third kappa shape index (κ3) is 3.81. The van der Waals surface area contributed by atoms with Gasteiger partial charge in [-0.1, -0.05) is 42.5 Å². The fourth-order valence-corrected chi connectivity index (χ4v) is 3.93. The Morgan fingerprint density at radius 2 is 1.81 bits per heavy atom. The van der Waals surface area contributed by atoms with Gasteiger partial charge in [-0.15, -0.1) is 0 Å². The average molecular weight is 364 g/mol. The number of halogens is 1. The van der Waals surface area contributed by atoms with Crippen molar-refractivity contribution in [2.24, 2.45) is 0 Å². The lowest BCUT2D eigenvalue weighted by Crippen LogP contribution is -2.39. The molecule has 1 unspecified atom stereocenters. The Hall–Kier alpha value is -2.46. The molecule has 2 heterocycles. The number of aromatic nitrogens is 1. The maximum absolute atomic E-state index is 14.0. The smallest absolute Gasteiger partial charge is 0.217 e. The minimum absolute atomic E-state index is 0.106. The second-order valence-electron chi connectivity index (χ2n) is 7.35. The summed E-state index contributed by atoms with van der Waals surface area (Å²) in [5.41, 5.74) is 2.99. The second-order valence-corrected chi connectivity index (χ2v) is 7.35. The van der Waals surface area contributed by atoms with Gasteiger partial charge in [-0.05, 0) is 43.9 Å². The van der Waals surface area contributed by atoms with E-state index in [1.54, 1.807) is 0 Å². The van der Waals surface area contributed by atoms with Crippen LogP contribution < -0.4 is 4.74 Å². The number of fused-ring (bicyclic) bond motifs is 1. The maximum Gasteiger partial charge on any atom is 0.217 e. The van der Waals surface area contributed by atoms with E-state index in [0.29, 0.717) is 17.3 Å². The Labute approximate surface area is 159 Å². The van der Waals surface area contributed by atoms with E-state index >= 15 is 0 Å². The average Bonchev–Trinajstić information content (AvgIpc) is 2.69. The van der Waals surface area contributed by atoms with E-state index in [1.165, 1.54) is 11.6 Å². The Balaban J connectivity index is 1.46. The van der Waals surface area contributed by atoms with Gasteiger partial charge < -0.3 is 4.74 Å². The molecule has 0 amide bonds. The summed E-state index contributed by atoms with van der Waals surface area (Å²) in [6, 6.07) is 18.3. The van der Waals surface area contributed by atoms with E-state index in [2.05, 4.69) is 47.1 Å². The highest BCUT2D eigenvalue weighted by molar-refractivity contribution is 5.87. The number of likely N-dealkylation sites (tertiary alicyclic amines) is 1. The Bertz CT molecular complexity index is 920. The molecule has 0 bridgehead atoms. The molecule has 1 aliphatic rings. The quantitative estimate of drug-likeness (QED) is 0.589. The number of ether oxygens (including phenoxy) is 1. The molecule has 1 atom stereocenters.